The molecule has 0 bridgehead atoms. The monoisotopic (exact) mass is 474 g/mol. The highest BCUT2D eigenvalue weighted by molar-refractivity contribution is 6.28. The van der Waals surface area contributed by atoms with Gasteiger partial charge in [-0.1, -0.05) is 97.1 Å². The summed E-state index contributed by atoms with van der Waals surface area (Å²) in [7, 11) is 0. The minimum Gasteiger partial charge on any atom is -0.296 e. The highest BCUT2D eigenvalue weighted by Gasteiger charge is 2.27. The zero-order valence-corrected chi connectivity index (χ0v) is 20.0. The Morgan fingerprint density at radius 3 is 1.78 bits per heavy atom. The van der Waals surface area contributed by atoms with E-state index >= 15 is 0 Å². The van der Waals surface area contributed by atoms with Crippen LogP contribution in [0.3, 0.4) is 0 Å². The van der Waals surface area contributed by atoms with Gasteiger partial charge in [-0.15, -0.1) is 0 Å². The smallest absolute Gasteiger partial charge is 0.137 e. The first-order valence-electron chi connectivity index (χ1n) is 12.6. The third-order valence-corrected chi connectivity index (χ3v) is 7.54. The van der Waals surface area contributed by atoms with Gasteiger partial charge in [0, 0.05) is 28.1 Å². The zero-order chi connectivity index (χ0) is 24.3. The molecule has 1 aliphatic heterocycles. The number of hydrazone groups is 1. The Morgan fingerprint density at radius 2 is 1.22 bits per heavy atom. The molecule has 0 saturated heterocycles. The van der Waals surface area contributed by atoms with E-state index in [1.807, 2.05) is 24.4 Å². The molecule has 1 aliphatic rings. The van der Waals surface area contributed by atoms with E-state index in [4.69, 9.17) is 4.98 Å². The van der Waals surface area contributed by atoms with Crippen molar-refractivity contribution >= 4 is 49.1 Å². The van der Waals surface area contributed by atoms with Crippen molar-refractivity contribution in [2.24, 2.45) is 5.10 Å². The number of nitrogens with one attached hydrogen (secondary N) is 1. The third kappa shape index (κ3) is 2.96. The quantitative estimate of drug-likeness (QED) is 0.288. The molecule has 2 aromatic heterocycles. The SMILES string of the molecule is c1ccc(C2=NN[C@H]2c2ccc(-n3c4ccc5ccccc5c4c4c5ccccc5ccc43)nc2)cc1. The van der Waals surface area contributed by atoms with E-state index in [0.29, 0.717) is 0 Å². The zero-order valence-electron chi connectivity index (χ0n) is 20.0. The molecule has 7 aromatic rings. The normalized spacial score (nSPS) is 15.1. The van der Waals surface area contributed by atoms with Gasteiger partial charge in [-0.3, -0.25) is 9.99 Å². The second-order valence-corrected chi connectivity index (χ2v) is 9.57. The third-order valence-electron chi connectivity index (χ3n) is 7.54. The van der Waals surface area contributed by atoms with Crippen LogP contribution in [0.1, 0.15) is 17.2 Å². The number of aromatic nitrogens is 2. The first-order valence-corrected chi connectivity index (χ1v) is 12.6. The van der Waals surface area contributed by atoms with Crippen LogP contribution in [-0.4, -0.2) is 15.3 Å². The van der Waals surface area contributed by atoms with Crippen LogP contribution in [0.15, 0.2) is 127 Å². The second kappa shape index (κ2) is 7.77. The number of pyridine rings is 1. The lowest BCUT2D eigenvalue weighted by molar-refractivity contribution is 0.615. The highest BCUT2D eigenvalue weighted by atomic mass is 15.4. The lowest BCUT2D eigenvalue weighted by atomic mass is 9.96. The van der Waals surface area contributed by atoms with Crippen LogP contribution in [0, 0.1) is 0 Å². The van der Waals surface area contributed by atoms with E-state index < -0.39 is 0 Å². The Labute approximate surface area is 213 Å². The minimum atomic E-state index is 0.0509. The van der Waals surface area contributed by atoms with Crippen molar-refractivity contribution in [3.8, 4) is 5.82 Å². The van der Waals surface area contributed by atoms with Crippen molar-refractivity contribution < 1.29 is 0 Å². The second-order valence-electron chi connectivity index (χ2n) is 9.57. The average Bonchev–Trinajstić information content (AvgIpc) is 3.29. The maximum atomic E-state index is 4.98. The van der Waals surface area contributed by atoms with Crippen LogP contribution < -0.4 is 5.43 Å². The van der Waals surface area contributed by atoms with Gasteiger partial charge in [-0.25, -0.2) is 4.98 Å². The van der Waals surface area contributed by atoms with Gasteiger partial charge in [0.05, 0.1) is 16.7 Å². The Bertz CT molecular complexity index is 1910. The summed E-state index contributed by atoms with van der Waals surface area (Å²) >= 11 is 0. The van der Waals surface area contributed by atoms with Gasteiger partial charge in [0.1, 0.15) is 11.9 Å². The molecule has 37 heavy (non-hydrogen) atoms. The largest absolute Gasteiger partial charge is 0.296 e. The van der Waals surface area contributed by atoms with Crippen molar-refractivity contribution in [1.29, 1.82) is 0 Å². The van der Waals surface area contributed by atoms with Crippen molar-refractivity contribution in [2.45, 2.75) is 6.04 Å². The van der Waals surface area contributed by atoms with Crippen molar-refractivity contribution in [3.63, 3.8) is 0 Å². The van der Waals surface area contributed by atoms with Gasteiger partial charge >= 0.3 is 0 Å². The summed E-state index contributed by atoms with van der Waals surface area (Å²) in [6.07, 6.45) is 1.98. The molecule has 1 atom stereocenters. The molecule has 0 radical (unpaired) electrons. The molecule has 4 nitrogen and oxygen atoms in total. The van der Waals surface area contributed by atoms with Gasteiger partial charge in [0.15, 0.2) is 0 Å². The van der Waals surface area contributed by atoms with Crippen LogP contribution in [0.2, 0.25) is 0 Å². The maximum absolute atomic E-state index is 4.98. The average molecular weight is 475 g/mol. The molecule has 1 N–H and O–H groups in total. The number of hydrogen-bond donors (Lipinski definition) is 1. The summed E-state index contributed by atoms with van der Waals surface area (Å²) in [5.41, 5.74) is 8.82. The number of fused-ring (bicyclic) bond motifs is 7. The molecule has 5 aromatic carbocycles. The fourth-order valence-electron chi connectivity index (χ4n) is 5.76. The first kappa shape index (κ1) is 20.3. The lowest BCUT2D eigenvalue weighted by Gasteiger charge is -2.27. The highest BCUT2D eigenvalue weighted by Crippen LogP contribution is 2.40. The van der Waals surface area contributed by atoms with Crippen molar-refractivity contribution in [1.82, 2.24) is 15.0 Å². The maximum Gasteiger partial charge on any atom is 0.137 e. The topological polar surface area (TPSA) is 42.2 Å². The van der Waals surface area contributed by atoms with Crippen LogP contribution >= 0.6 is 0 Å². The molecular formula is C33H22N4. The van der Waals surface area contributed by atoms with E-state index in [9.17, 15) is 0 Å². The summed E-state index contributed by atoms with van der Waals surface area (Å²) in [6.45, 7) is 0. The molecule has 0 spiro atoms. The Kier molecular flexibility index (Phi) is 4.25. The number of benzene rings is 5. The summed E-state index contributed by atoms with van der Waals surface area (Å²) < 4.78 is 2.30. The molecule has 0 unspecified atom stereocenters. The van der Waals surface area contributed by atoms with E-state index in [2.05, 4.69) is 112 Å². The predicted molar refractivity (Wildman–Crippen MR) is 152 cm³/mol. The fourth-order valence-corrected chi connectivity index (χ4v) is 5.76. The predicted octanol–water partition coefficient (Wildman–Crippen LogP) is 7.53. The van der Waals surface area contributed by atoms with Crippen molar-refractivity contribution in [2.75, 3.05) is 0 Å². The first-order chi connectivity index (χ1) is 18.4. The van der Waals surface area contributed by atoms with E-state index in [1.165, 1.54) is 43.4 Å². The van der Waals surface area contributed by atoms with Gasteiger partial charge in [-0.05, 0) is 39.7 Å². The number of rotatable bonds is 3. The Balaban J connectivity index is 1.34. The van der Waals surface area contributed by atoms with Crippen LogP contribution in [0.5, 0.6) is 0 Å². The molecule has 0 fully saturated rings. The lowest BCUT2D eigenvalue weighted by Crippen LogP contribution is -2.36. The number of hydrogen-bond acceptors (Lipinski definition) is 3. The van der Waals surface area contributed by atoms with Crippen LogP contribution in [-0.2, 0) is 0 Å². The molecule has 8 rings (SSSR count). The fraction of sp³-hybridized carbons (Fsp3) is 0.0303. The molecule has 174 valence electrons. The van der Waals surface area contributed by atoms with Gasteiger partial charge in [0.25, 0.3) is 0 Å². The van der Waals surface area contributed by atoms with E-state index in [-0.39, 0.29) is 6.04 Å². The van der Waals surface area contributed by atoms with E-state index in [0.717, 1.165) is 22.7 Å². The molecule has 0 saturated carbocycles. The van der Waals surface area contributed by atoms with Gasteiger partial charge in [0.2, 0.25) is 0 Å². The molecule has 3 heterocycles. The summed E-state index contributed by atoms with van der Waals surface area (Å²) in [4.78, 5) is 4.98. The summed E-state index contributed by atoms with van der Waals surface area (Å²) in [6, 6.07) is 40.8. The van der Waals surface area contributed by atoms with Gasteiger partial charge < -0.3 is 0 Å². The van der Waals surface area contributed by atoms with Crippen LogP contribution in [0.4, 0.5) is 0 Å². The summed E-state index contributed by atoms with van der Waals surface area (Å²) in [5, 5.41) is 12.0. The molecular weight excluding hydrogens is 452 g/mol. The standard InChI is InChI=1S/C33H22N4/c1-2-10-23(11-3-1)32-33(36-35-32)24-16-19-29(34-20-24)37-27-17-14-21-8-4-6-12-25(21)30(27)31-26-13-7-5-9-22(26)15-18-28(31)37/h1-20,33,36H/t33-/m0/s1. The number of nitrogens with zero attached hydrogens (tertiary/aromatic N) is 3. The Morgan fingerprint density at radius 1 is 0.595 bits per heavy atom. The van der Waals surface area contributed by atoms with Gasteiger partial charge in [-0.2, -0.15) is 5.10 Å². The molecule has 4 heteroatoms. The Hall–Kier alpha value is -4.96. The minimum absolute atomic E-state index is 0.0509. The molecule has 0 amide bonds. The van der Waals surface area contributed by atoms with Crippen molar-refractivity contribution in [3.05, 3.63) is 133 Å². The van der Waals surface area contributed by atoms with E-state index in [1.54, 1.807) is 0 Å². The summed E-state index contributed by atoms with van der Waals surface area (Å²) in [5.74, 6) is 0.909. The molecule has 0 aliphatic carbocycles. The van der Waals surface area contributed by atoms with Crippen LogP contribution in [0.25, 0.3) is 49.2 Å².